The number of hydrogen-bond donors (Lipinski definition) is 1. The predicted octanol–water partition coefficient (Wildman–Crippen LogP) is 3.68. The number of carbonyl (C=O) groups is 1. The molecule has 1 aliphatic heterocycles. The van der Waals surface area contributed by atoms with Gasteiger partial charge in [-0.1, -0.05) is 32.9 Å². The number of anilines is 1. The third-order valence-corrected chi connectivity index (χ3v) is 5.48. The van der Waals surface area contributed by atoms with E-state index in [0.29, 0.717) is 10.9 Å². The molecular formula is C21H29N3O3S. The number of morpholine rings is 1. The number of amides is 1. The van der Waals surface area contributed by atoms with Crippen molar-refractivity contribution in [1.29, 1.82) is 0 Å². The number of nitrogens with zero attached hydrogens (tertiary/aromatic N) is 2. The number of aromatic nitrogens is 1. The molecule has 1 aromatic carbocycles. The molecule has 0 radical (unpaired) electrons. The van der Waals surface area contributed by atoms with Crippen molar-refractivity contribution in [2.45, 2.75) is 45.8 Å². The lowest BCUT2D eigenvalue weighted by Crippen LogP contribution is -2.35. The van der Waals surface area contributed by atoms with Crippen LogP contribution in [0.25, 0.3) is 0 Å². The average molecular weight is 404 g/mol. The standard InChI is InChI=1S/C21H29N3O3S/c1-15(27-18-7-5-16(6-8-18)21(2,3)4)19(25)23-20-22-17(14-28-20)13-24-9-11-26-12-10-24/h5-8,14-15H,9-13H2,1-4H3,(H,22,23,25). The zero-order valence-corrected chi connectivity index (χ0v) is 17.8. The molecular weight excluding hydrogens is 374 g/mol. The van der Waals surface area contributed by atoms with E-state index >= 15 is 0 Å². The molecule has 1 aromatic heterocycles. The third-order valence-electron chi connectivity index (χ3n) is 4.67. The molecule has 0 spiro atoms. The summed E-state index contributed by atoms with van der Waals surface area (Å²) >= 11 is 1.44. The highest BCUT2D eigenvalue weighted by molar-refractivity contribution is 7.13. The van der Waals surface area contributed by atoms with Gasteiger partial charge in [0.15, 0.2) is 11.2 Å². The van der Waals surface area contributed by atoms with Crippen molar-refractivity contribution < 1.29 is 14.3 Å². The van der Waals surface area contributed by atoms with Gasteiger partial charge in [0.1, 0.15) is 5.75 Å². The van der Waals surface area contributed by atoms with Crippen LogP contribution in [0.2, 0.25) is 0 Å². The van der Waals surface area contributed by atoms with Gasteiger partial charge >= 0.3 is 0 Å². The molecule has 7 heteroatoms. The van der Waals surface area contributed by atoms with Crippen molar-refractivity contribution in [1.82, 2.24) is 9.88 Å². The van der Waals surface area contributed by atoms with E-state index in [2.05, 4.69) is 36.0 Å². The second-order valence-electron chi connectivity index (χ2n) is 8.06. The minimum Gasteiger partial charge on any atom is -0.481 e. The molecule has 152 valence electrons. The van der Waals surface area contributed by atoms with Crippen LogP contribution in [-0.2, 0) is 21.5 Å². The smallest absolute Gasteiger partial charge is 0.266 e. The lowest BCUT2D eigenvalue weighted by atomic mass is 9.87. The summed E-state index contributed by atoms with van der Waals surface area (Å²) in [6.07, 6.45) is -0.605. The maximum Gasteiger partial charge on any atom is 0.266 e. The zero-order valence-electron chi connectivity index (χ0n) is 17.0. The summed E-state index contributed by atoms with van der Waals surface area (Å²) in [5, 5.41) is 5.45. The fraction of sp³-hybridized carbons (Fsp3) is 0.524. The van der Waals surface area contributed by atoms with Gasteiger partial charge in [0.25, 0.3) is 5.91 Å². The molecule has 28 heavy (non-hydrogen) atoms. The maximum atomic E-state index is 12.4. The first kappa shape index (κ1) is 20.8. The number of thiazole rings is 1. The lowest BCUT2D eigenvalue weighted by Gasteiger charge is -2.25. The fourth-order valence-corrected chi connectivity index (χ4v) is 3.63. The van der Waals surface area contributed by atoms with Crippen molar-refractivity contribution in [3.05, 3.63) is 40.9 Å². The summed E-state index contributed by atoms with van der Waals surface area (Å²) in [5.74, 6) is 0.481. The molecule has 1 N–H and O–H groups in total. The van der Waals surface area contributed by atoms with E-state index in [4.69, 9.17) is 9.47 Å². The molecule has 1 atom stereocenters. The summed E-state index contributed by atoms with van der Waals surface area (Å²) in [5.41, 5.74) is 2.28. The quantitative estimate of drug-likeness (QED) is 0.797. The molecule has 1 fully saturated rings. The molecule has 3 rings (SSSR count). The lowest BCUT2D eigenvalue weighted by molar-refractivity contribution is -0.122. The summed E-state index contributed by atoms with van der Waals surface area (Å²) in [6.45, 7) is 12.4. The van der Waals surface area contributed by atoms with E-state index in [-0.39, 0.29) is 11.3 Å². The van der Waals surface area contributed by atoms with E-state index in [1.165, 1.54) is 16.9 Å². The molecule has 0 aliphatic carbocycles. The average Bonchev–Trinajstić information content (AvgIpc) is 3.09. The Labute approximate surface area is 170 Å². The SMILES string of the molecule is CC(Oc1ccc(C(C)(C)C)cc1)C(=O)Nc1nc(CN2CCOCC2)cs1. The molecule has 6 nitrogen and oxygen atoms in total. The van der Waals surface area contributed by atoms with Crippen LogP contribution in [0.15, 0.2) is 29.6 Å². The highest BCUT2D eigenvalue weighted by Crippen LogP contribution is 2.25. The normalized spacial score (nSPS) is 16.6. The first-order chi connectivity index (χ1) is 13.3. The number of rotatable bonds is 6. The van der Waals surface area contributed by atoms with E-state index in [1.807, 2.05) is 29.6 Å². The van der Waals surface area contributed by atoms with Gasteiger partial charge in [-0.15, -0.1) is 11.3 Å². The predicted molar refractivity (Wildman–Crippen MR) is 112 cm³/mol. The van der Waals surface area contributed by atoms with Gasteiger partial charge in [0, 0.05) is 25.0 Å². The van der Waals surface area contributed by atoms with E-state index in [9.17, 15) is 4.79 Å². The molecule has 2 heterocycles. The van der Waals surface area contributed by atoms with Crippen molar-refractivity contribution >= 4 is 22.4 Å². The second-order valence-corrected chi connectivity index (χ2v) is 8.91. The van der Waals surface area contributed by atoms with Gasteiger partial charge in [-0.2, -0.15) is 0 Å². The van der Waals surface area contributed by atoms with Crippen LogP contribution >= 0.6 is 11.3 Å². The number of benzene rings is 1. The van der Waals surface area contributed by atoms with Crippen molar-refractivity contribution in [2.75, 3.05) is 31.6 Å². The Morgan fingerprint density at radius 3 is 2.61 bits per heavy atom. The van der Waals surface area contributed by atoms with E-state index < -0.39 is 6.10 Å². The number of ether oxygens (including phenoxy) is 2. The minimum absolute atomic E-state index is 0.0886. The Morgan fingerprint density at radius 1 is 1.29 bits per heavy atom. The molecule has 1 saturated heterocycles. The minimum atomic E-state index is -0.605. The summed E-state index contributed by atoms with van der Waals surface area (Å²) in [7, 11) is 0. The van der Waals surface area contributed by atoms with Crippen LogP contribution in [0.3, 0.4) is 0 Å². The van der Waals surface area contributed by atoms with Crippen molar-refractivity contribution in [2.24, 2.45) is 0 Å². The largest absolute Gasteiger partial charge is 0.481 e. The van der Waals surface area contributed by atoms with Crippen molar-refractivity contribution in [3.8, 4) is 5.75 Å². The first-order valence-corrected chi connectivity index (χ1v) is 10.5. The Morgan fingerprint density at radius 2 is 1.96 bits per heavy atom. The van der Waals surface area contributed by atoms with Gasteiger partial charge in [-0.25, -0.2) is 4.98 Å². The third kappa shape index (κ3) is 5.77. The van der Waals surface area contributed by atoms with Crippen LogP contribution in [0.5, 0.6) is 5.75 Å². The molecule has 0 saturated carbocycles. The van der Waals surface area contributed by atoms with Crippen molar-refractivity contribution in [3.63, 3.8) is 0 Å². The van der Waals surface area contributed by atoms with Crippen LogP contribution in [0.1, 0.15) is 39.0 Å². The molecule has 1 amide bonds. The summed E-state index contributed by atoms with van der Waals surface area (Å²) in [4.78, 5) is 19.3. The molecule has 1 unspecified atom stereocenters. The Hall–Kier alpha value is -1.96. The first-order valence-electron chi connectivity index (χ1n) is 9.64. The van der Waals surface area contributed by atoms with Gasteiger partial charge in [0.2, 0.25) is 0 Å². The van der Waals surface area contributed by atoms with Gasteiger partial charge in [0.05, 0.1) is 18.9 Å². The molecule has 2 aromatic rings. The second kappa shape index (κ2) is 9.03. The summed E-state index contributed by atoms with van der Waals surface area (Å²) in [6, 6.07) is 7.90. The van der Waals surface area contributed by atoms with Crippen LogP contribution < -0.4 is 10.1 Å². The fourth-order valence-electron chi connectivity index (χ4n) is 2.92. The zero-order chi connectivity index (χ0) is 20.1. The number of hydrogen-bond acceptors (Lipinski definition) is 6. The Bertz CT molecular complexity index is 777. The topological polar surface area (TPSA) is 63.7 Å². The molecule has 0 bridgehead atoms. The Kier molecular flexibility index (Phi) is 6.69. The highest BCUT2D eigenvalue weighted by Gasteiger charge is 2.18. The van der Waals surface area contributed by atoms with Gasteiger partial charge < -0.3 is 9.47 Å². The number of carbonyl (C=O) groups excluding carboxylic acids is 1. The monoisotopic (exact) mass is 403 g/mol. The molecule has 1 aliphatic rings. The number of nitrogens with one attached hydrogen (secondary N) is 1. The van der Waals surface area contributed by atoms with E-state index in [1.54, 1.807) is 6.92 Å². The Balaban J connectivity index is 1.51. The summed E-state index contributed by atoms with van der Waals surface area (Å²) < 4.78 is 11.2. The van der Waals surface area contributed by atoms with E-state index in [0.717, 1.165) is 38.5 Å². The highest BCUT2D eigenvalue weighted by atomic mass is 32.1. The van der Waals surface area contributed by atoms with Gasteiger partial charge in [-0.05, 0) is 30.0 Å². The van der Waals surface area contributed by atoms with Gasteiger partial charge in [-0.3, -0.25) is 15.0 Å². The van der Waals surface area contributed by atoms with Crippen LogP contribution in [0, 0.1) is 0 Å². The maximum absolute atomic E-state index is 12.4. The van der Waals surface area contributed by atoms with Crippen LogP contribution in [0.4, 0.5) is 5.13 Å². The van der Waals surface area contributed by atoms with Crippen LogP contribution in [-0.4, -0.2) is 48.2 Å².